The predicted octanol–water partition coefficient (Wildman–Crippen LogP) is 5.64. The summed E-state index contributed by atoms with van der Waals surface area (Å²) in [4.78, 5) is 4.60. The molecule has 1 N–H and O–H groups in total. The molecule has 0 saturated heterocycles. The zero-order valence-corrected chi connectivity index (χ0v) is 16.6. The molecule has 0 aliphatic rings. The van der Waals surface area contributed by atoms with Crippen LogP contribution in [-0.2, 0) is 0 Å². The van der Waals surface area contributed by atoms with Crippen molar-refractivity contribution < 1.29 is 4.74 Å². The summed E-state index contributed by atoms with van der Waals surface area (Å²) >= 11 is 4.98. The van der Waals surface area contributed by atoms with E-state index >= 15 is 0 Å². The van der Waals surface area contributed by atoms with Gasteiger partial charge in [0.1, 0.15) is 5.75 Å². The number of halogens is 1. The second-order valence-corrected chi connectivity index (χ2v) is 7.37. The topological polar surface area (TPSA) is 46.5 Å². The number of ether oxygens (including phenoxy) is 1. The van der Waals surface area contributed by atoms with Crippen LogP contribution >= 0.6 is 27.3 Å². The first kappa shape index (κ1) is 17.6. The lowest BCUT2D eigenvalue weighted by molar-refractivity contribution is 0.414. The number of benzene rings is 2. The van der Waals surface area contributed by atoms with Crippen LogP contribution < -0.4 is 10.2 Å². The number of nitrogens with zero attached hydrogens (tertiary/aromatic N) is 2. The third-order valence-electron chi connectivity index (χ3n) is 3.86. The van der Waals surface area contributed by atoms with Crippen LogP contribution in [0.3, 0.4) is 0 Å². The molecule has 0 saturated carbocycles. The Morgan fingerprint density at radius 3 is 2.76 bits per heavy atom. The summed E-state index contributed by atoms with van der Waals surface area (Å²) in [6, 6.07) is 12.1. The lowest BCUT2D eigenvalue weighted by atomic mass is 10.1. The van der Waals surface area contributed by atoms with E-state index in [1.54, 1.807) is 13.3 Å². The predicted molar refractivity (Wildman–Crippen MR) is 109 cm³/mol. The molecule has 3 aromatic rings. The van der Waals surface area contributed by atoms with Gasteiger partial charge >= 0.3 is 0 Å². The minimum Gasteiger partial charge on any atom is -0.496 e. The molecule has 0 aliphatic carbocycles. The largest absolute Gasteiger partial charge is 0.496 e. The quantitative estimate of drug-likeness (QED) is 0.432. The Balaban J connectivity index is 1.73. The molecule has 3 rings (SSSR count). The number of thiazole rings is 1. The average molecular weight is 416 g/mol. The van der Waals surface area contributed by atoms with Crippen LogP contribution in [0.25, 0.3) is 11.3 Å². The van der Waals surface area contributed by atoms with Crippen LogP contribution in [0.4, 0.5) is 5.13 Å². The van der Waals surface area contributed by atoms with Crippen LogP contribution in [0.5, 0.6) is 5.75 Å². The summed E-state index contributed by atoms with van der Waals surface area (Å²) in [5.74, 6) is 0.767. The number of nitrogens with one attached hydrogen (secondary N) is 1. The maximum absolute atomic E-state index is 5.33. The van der Waals surface area contributed by atoms with Gasteiger partial charge in [-0.15, -0.1) is 11.3 Å². The van der Waals surface area contributed by atoms with Crippen LogP contribution in [0.1, 0.15) is 16.7 Å². The molecule has 0 radical (unpaired) electrons. The fourth-order valence-electron chi connectivity index (χ4n) is 2.32. The standard InChI is InChI=1S/C19H18BrN3OS/c1-12-4-5-14(8-13(12)2)17-11-25-19(22-17)23-21-10-15-9-16(20)6-7-18(15)24-3/h4-11H,1-3H3,(H,22,23)/b21-10-. The minimum absolute atomic E-state index is 0.749. The van der Waals surface area contributed by atoms with Gasteiger partial charge in [-0.05, 0) is 49.2 Å². The van der Waals surface area contributed by atoms with Crippen LogP contribution in [0, 0.1) is 13.8 Å². The first-order valence-corrected chi connectivity index (χ1v) is 9.40. The van der Waals surface area contributed by atoms with Crippen molar-refractivity contribution in [3.63, 3.8) is 0 Å². The lowest BCUT2D eigenvalue weighted by Gasteiger charge is -2.04. The van der Waals surface area contributed by atoms with Gasteiger partial charge in [0.05, 0.1) is 19.0 Å². The van der Waals surface area contributed by atoms with Crippen LogP contribution in [0.2, 0.25) is 0 Å². The molecule has 25 heavy (non-hydrogen) atoms. The fourth-order valence-corrected chi connectivity index (χ4v) is 3.37. The van der Waals surface area contributed by atoms with E-state index in [4.69, 9.17) is 4.74 Å². The maximum Gasteiger partial charge on any atom is 0.203 e. The monoisotopic (exact) mass is 415 g/mol. The van der Waals surface area contributed by atoms with Crippen molar-refractivity contribution >= 4 is 38.6 Å². The van der Waals surface area contributed by atoms with Crippen LogP contribution in [0.15, 0.2) is 51.4 Å². The van der Waals surface area contributed by atoms with Gasteiger partial charge in [-0.25, -0.2) is 4.98 Å². The van der Waals surface area contributed by atoms with E-state index in [9.17, 15) is 0 Å². The van der Waals surface area contributed by atoms with Crippen molar-refractivity contribution in [1.29, 1.82) is 0 Å². The van der Waals surface area contributed by atoms with E-state index in [1.807, 2.05) is 23.6 Å². The first-order chi connectivity index (χ1) is 12.1. The first-order valence-electron chi connectivity index (χ1n) is 7.72. The molecular weight excluding hydrogens is 398 g/mol. The molecule has 1 aromatic heterocycles. The third kappa shape index (κ3) is 4.27. The number of hydrazone groups is 1. The Morgan fingerprint density at radius 1 is 1.16 bits per heavy atom. The molecule has 0 amide bonds. The summed E-state index contributed by atoms with van der Waals surface area (Å²) in [6.45, 7) is 4.22. The van der Waals surface area contributed by atoms with Gasteiger partial charge < -0.3 is 4.74 Å². The van der Waals surface area contributed by atoms with Crippen molar-refractivity contribution in [2.45, 2.75) is 13.8 Å². The number of aromatic nitrogens is 1. The Kier molecular flexibility index (Phi) is 5.50. The zero-order valence-electron chi connectivity index (χ0n) is 14.2. The Morgan fingerprint density at radius 2 is 2.00 bits per heavy atom. The number of hydrogen-bond acceptors (Lipinski definition) is 5. The average Bonchev–Trinajstić information content (AvgIpc) is 3.06. The normalized spacial score (nSPS) is 11.0. The Hall–Kier alpha value is -2.18. The molecule has 0 atom stereocenters. The Bertz CT molecular complexity index is 921. The molecule has 128 valence electrons. The van der Waals surface area contributed by atoms with E-state index < -0.39 is 0 Å². The highest BCUT2D eigenvalue weighted by atomic mass is 79.9. The molecule has 0 unspecified atom stereocenters. The highest BCUT2D eigenvalue weighted by Gasteiger charge is 2.05. The lowest BCUT2D eigenvalue weighted by Crippen LogP contribution is -1.94. The van der Waals surface area contributed by atoms with Gasteiger partial charge in [0.15, 0.2) is 0 Å². The number of rotatable bonds is 5. The number of hydrogen-bond donors (Lipinski definition) is 1. The van der Waals surface area contributed by atoms with Crippen molar-refractivity contribution in [1.82, 2.24) is 4.98 Å². The molecule has 0 spiro atoms. The van der Waals surface area contributed by atoms with E-state index in [2.05, 4.69) is 63.5 Å². The summed E-state index contributed by atoms with van der Waals surface area (Å²) < 4.78 is 6.31. The highest BCUT2D eigenvalue weighted by molar-refractivity contribution is 9.10. The van der Waals surface area contributed by atoms with E-state index in [1.165, 1.54) is 22.5 Å². The number of anilines is 1. The number of methoxy groups -OCH3 is 1. The van der Waals surface area contributed by atoms with Gasteiger partial charge in [-0.1, -0.05) is 28.1 Å². The smallest absolute Gasteiger partial charge is 0.203 e. The zero-order chi connectivity index (χ0) is 17.8. The van der Waals surface area contributed by atoms with Gasteiger partial charge in [0.2, 0.25) is 5.13 Å². The summed E-state index contributed by atoms with van der Waals surface area (Å²) in [5, 5.41) is 7.05. The second-order valence-electron chi connectivity index (χ2n) is 5.59. The maximum atomic E-state index is 5.33. The van der Waals surface area contributed by atoms with Crippen molar-refractivity contribution in [3.05, 3.63) is 62.9 Å². The summed E-state index contributed by atoms with van der Waals surface area (Å²) in [6.07, 6.45) is 1.72. The molecule has 0 aliphatic heterocycles. The molecule has 6 heteroatoms. The van der Waals surface area contributed by atoms with Crippen molar-refractivity contribution in [2.24, 2.45) is 5.10 Å². The fraction of sp³-hybridized carbons (Fsp3) is 0.158. The minimum atomic E-state index is 0.749. The van der Waals surface area contributed by atoms with Crippen LogP contribution in [-0.4, -0.2) is 18.3 Å². The third-order valence-corrected chi connectivity index (χ3v) is 5.10. The van der Waals surface area contributed by atoms with E-state index in [-0.39, 0.29) is 0 Å². The molecular formula is C19H18BrN3OS. The molecule has 0 bridgehead atoms. The molecule has 0 fully saturated rings. The van der Waals surface area contributed by atoms with Gasteiger partial charge in [-0.2, -0.15) is 5.10 Å². The Labute approximate surface area is 159 Å². The molecule has 1 heterocycles. The van der Waals surface area contributed by atoms with Gasteiger partial charge in [0.25, 0.3) is 0 Å². The second kappa shape index (κ2) is 7.80. The van der Waals surface area contributed by atoms with Gasteiger partial charge in [-0.3, -0.25) is 5.43 Å². The van der Waals surface area contributed by atoms with Crippen molar-refractivity contribution in [2.75, 3.05) is 12.5 Å². The van der Waals surface area contributed by atoms with E-state index in [0.29, 0.717) is 0 Å². The van der Waals surface area contributed by atoms with Gasteiger partial charge in [0, 0.05) is 21.0 Å². The van der Waals surface area contributed by atoms with E-state index in [0.717, 1.165) is 32.2 Å². The van der Waals surface area contributed by atoms with Crippen molar-refractivity contribution in [3.8, 4) is 17.0 Å². The number of aryl methyl sites for hydroxylation is 2. The SMILES string of the molecule is COc1ccc(Br)cc1/C=N\Nc1nc(-c2ccc(C)c(C)c2)cs1. The summed E-state index contributed by atoms with van der Waals surface area (Å²) in [5.41, 5.74) is 8.48. The summed E-state index contributed by atoms with van der Waals surface area (Å²) in [7, 11) is 1.64. The molecule has 2 aromatic carbocycles. The molecule has 4 nitrogen and oxygen atoms in total. The highest BCUT2D eigenvalue weighted by Crippen LogP contribution is 2.26.